The van der Waals surface area contributed by atoms with Gasteiger partial charge >= 0.3 is 0 Å². The van der Waals surface area contributed by atoms with Crippen LogP contribution in [-0.2, 0) is 11.2 Å². The summed E-state index contributed by atoms with van der Waals surface area (Å²) in [5, 5.41) is 0. The number of hydrogen-bond acceptors (Lipinski definition) is 3. The molecule has 3 heteroatoms. The molecule has 0 aliphatic rings. The first kappa shape index (κ1) is 10.5. The maximum absolute atomic E-state index is 9.84. The second-order valence-corrected chi connectivity index (χ2v) is 3.28. The van der Waals surface area contributed by atoms with Crippen LogP contribution >= 0.6 is 0 Å². The topological polar surface area (TPSA) is 32.7 Å². The molecular weight excluding hydrogens is 176 g/mol. The highest BCUT2D eigenvalue weighted by Gasteiger charge is 1.95. The van der Waals surface area contributed by atoms with Gasteiger partial charge in [0.05, 0.1) is 6.54 Å². The molecule has 0 atom stereocenters. The number of carbonyl (C=O) groups excluding carboxylic acids is 1. The van der Waals surface area contributed by atoms with E-state index in [2.05, 4.69) is 29.3 Å². The molecule has 0 aromatic heterocycles. The van der Waals surface area contributed by atoms with E-state index < -0.39 is 0 Å². The van der Waals surface area contributed by atoms with Crippen molar-refractivity contribution in [1.29, 1.82) is 0 Å². The van der Waals surface area contributed by atoms with Gasteiger partial charge in [0.2, 0.25) is 6.08 Å². The van der Waals surface area contributed by atoms with E-state index >= 15 is 0 Å². The van der Waals surface area contributed by atoms with Crippen LogP contribution in [0.25, 0.3) is 0 Å². The Morgan fingerprint density at radius 3 is 2.43 bits per heavy atom. The summed E-state index contributed by atoms with van der Waals surface area (Å²) in [5.74, 6) is 0. The van der Waals surface area contributed by atoms with Gasteiger partial charge in [0.25, 0.3) is 0 Å². The molecule has 1 aromatic rings. The molecule has 1 aromatic carbocycles. The molecule has 1 rings (SSSR count). The van der Waals surface area contributed by atoms with E-state index in [0.717, 1.165) is 6.42 Å². The van der Waals surface area contributed by atoms with Crippen LogP contribution in [0.5, 0.6) is 0 Å². The summed E-state index contributed by atoms with van der Waals surface area (Å²) in [6.45, 7) is 0.519. The van der Waals surface area contributed by atoms with Crippen molar-refractivity contribution >= 4 is 11.8 Å². The molecular formula is C11H14N2O. The standard InChI is InChI=1S/C11H14N2O/c1-13(2)11-5-3-10(4-6-11)7-8-12-9-14/h3-6H,7-8H2,1-2H3. The minimum Gasteiger partial charge on any atom is -0.378 e. The Balaban J connectivity index is 2.59. The number of hydrogen-bond donors (Lipinski definition) is 0. The summed E-state index contributed by atoms with van der Waals surface area (Å²) < 4.78 is 0. The van der Waals surface area contributed by atoms with Gasteiger partial charge in [0, 0.05) is 19.8 Å². The Morgan fingerprint density at radius 2 is 1.93 bits per heavy atom. The van der Waals surface area contributed by atoms with Crippen molar-refractivity contribution in [3.8, 4) is 0 Å². The molecule has 0 heterocycles. The highest BCUT2D eigenvalue weighted by atomic mass is 16.1. The Bertz CT molecular complexity index is 324. The third kappa shape index (κ3) is 3.04. The van der Waals surface area contributed by atoms with Gasteiger partial charge in [0.15, 0.2) is 0 Å². The van der Waals surface area contributed by atoms with E-state index in [1.54, 1.807) is 0 Å². The predicted octanol–water partition coefficient (Wildman–Crippen LogP) is 1.63. The van der Waals surface area contributed by atoms with Crippen molar-refractivity contribution in [2.45, 2.75) is 6.42 Å². The fourth-order valence-corrected chi connectivity index (χ4v) is 1.19. The molecule has 0 amide bonds. The molecule has 0 saturated carbocycles. The van der Waals surface area contributed by atoms with Crippen LogP contribution in [0.4, 0.5) is 5.69 Å². The number of anilines is 1. The van der Waals surface area contributed by atoms with E-state index in [1.807, 2.05) is 19.0 Å². The van der Waals surface area contributed by atoms with Crippen molar-refractivity contribution in [2.75, 3.05) is 25.5 Å². The largest absolute Gasteiger partial charge is 0.378 e. The SMILES string of the molecule is CN(C)c1ccc(CCN=C=O)cc1. The molecule has 0 radical (unpaired) electrons. The zero-order valence-electron chi connectivity index (χ0n) is 8.53. The van der Waals surface area contributed by atoms with E-state index in [4.69, 9.17) is 0 Å². The van der Waals surface area contributed by atoms with Gasteiger partial charge in [0.1, 0.15) is 0 Å². The van der Waals surface area contributed by atoms with Gasteiger partial charge in [-0.05, 0) is 24.1 Å². The van der Waals surface area contributed by atoms with Gasteiger partial charge < -0.3 is 4.90 Å². The first-order valence-electron chi connectivity index (χ1n) is 4.54. The van der Waals surface area contributed by atoms with Crippen LogP contribution in [0, 0.1) is 0 Å². The third-order valence-electron chi connectivity index (χ3n) is 2.03. The minimum absolute atomic E-state index is 0.519. The lowest BCUT2D eigenvalue weighted by Crippen LogP contribution is -2.08. The minimum atomic E-state index is 0.519. The Kier molecular flexibility index (Phi) is 3.89. The molecule has 0 spiro atoms. The van der Waals surface area contributed by atoms with E-state index in [9.17, 15) is 4.79 Å². The summed E-state index contributed by atoms with van der Waals surface area (Å²) >= 11 is 0. The third-order valence-corrected chi connectivity index (χ3v) is 2.03. The number of nitrogens with zero attached hydrogens (tertiary/aromatic N) is 2. The van der Waals surface area contributed by atoms with E-state index in [-0.39, 0.29) is 0 Å². The second-order valence-electron chi connectivity index (χ2n) is 3.28. The summed E-state index contributed by atoms with van der Waals surface area (Å²) in [6, 6.07) is 8.21. The quantitative estimate of drug-likeness (QED) is 0.534. The summed E-state index contributed by atoms with van der Waals surface area (Å²) in [5.41, 5.74) is 2.36. The Hall–Kier alpha value is -1.60. The van der Waals surface area contributed by atoms with Crippen LogP contribution in [0.1, 0.15) is 5.56 Å². The van der Waals surface area contributed by atoms with E-state index in [1.165, 1.54) is 17.3 Å². The molecule has 0 fully saturated rings. The molecule has 3 nitrogen and oxygen atoms in total. The maximum Gasteiger partial charge on any atom is 0.234 e. The van der Waals surface area contributed by atoms with Crippen molar-refractivity contribution in [3.05, 3.63) is 29.8 Å². The first-order valence-corrected chi connectivity index (χ1v) is 4.54. The zero-order valence-corrected chi connectivity index (χ0v) is 8.53. The predicted molar refractivity (Wildman–Crippen MR) is 57.5 cm³/mol. The van der Waals surface area contributed by atoms with Gasteiger partial charge in [-0.2, -0.15) is 0 Å². The molecule has 14 heavy (non-hydrogen) atoms. The molecule has 0 aliphatic heterocycles. The molecule has 0 aliphatic carbocycles. The fourth-order valence-electron chi connectivity index (χ4n) is 1.19. The lowest BCUT2D eigenvalue weighted by atomic mass is 10.1. The van der Waals surface area contributed by atoms with E-state index in [0.29, 0.717) is 6.54 Å². The van der Waals surface area contributed by atoms with Gasteiger partial charge in [-0.3, -0.25) is 0 Å². The van der Waals surface area contributed by atoms with Gasteiger partial charge in [-0.1, -0.05) is 12.1 Å². The lowest BCUT2D eigenvalue weighted by molar-refractivity contribution is 0.563. The fraction of sp³-hybridized carbons (Fsp3) is 0.364. The van der Waals surface area contributed by atoms with Crippen molar-refractivity contribution in [2.24, 2.45) is 4.99 Å². The monoisotopic (exact) mass is 190 g/mol. The van der Waals surface area contributed by atoms with Crippen LogP contribution in [0.2, 0.25) is 0 Å². The first-order chi connectivity index (χ1) is 6.74. The van der Waals surface area contributed by atoms with Crippen molar-refractivity contribution < 1.29 is 4.79 Å². The van der Waals surface area contributed by atoms with Crippen LogP contribution in [0.3, 0.4) is 0 Å². The van der Waals surface area contributed by atoms with Crippen LogP contribution < -0.4 is 4.90 Å². The molecule has 74 valence electrons. The zero-order chi connectivity index (χ0) is 10.4. The highest BCUT2D eigenvalue weighted by Crippen LogP contribution is 2.12. The lowest BCUT2D eigenvalue weighted by Gasteiger charge is -2.12. The normalized spacial score (nSPS) is 9.29. The maximum atomic E-state index is 9.84. The summed E-state index contributed by atoms with van der Waals surface area (Å²) in [4.78, 5) is 15.4. The molecule has 0 unspecified atom stereocenters. The van der Waals surface area contributed by atoms with Crippen LogP contribution in [-0.4, -0.2) is 26.7 Å². The summed E-state index contributed by atoms with van der Waals surface area (Å²) in [7, 11) is 4.01. The number of isocyanates is 1. The average molecular weight is 190 g/mol. The molecule has 0 bridgehead atoms. The molecule has 0 saturated heterocycles. The van der Waals surface area contributed by atoms with Crippen molar-refractivity contribution in [1.82, 2.24) is 0 Å². The Labute approximate surface area is 84.1 Å². The second kappa shape index (κ2) is 5.20. The van der Waals surface area contributed by atoms with Gasteiger partial charge in [-0.25, -0.2) is 9.79 Å². The highest BCUT2D eigenvalue weighted by molar-refractivity contribution is 5.46. The average Bonchev–Trinajstić information content (AvgIpc) is 2.19. The number of benzene rings is 1. The molecule has 0 N–H and O–H groups in total. The number of aliphatic imine (C=N–C) groups is 1. The Morgan fingerprint density at radius 1 is 1.29 bits per heavy atom. The van der Waals surface area contributed by atoms with Crippen molar-refractivity contribution in [3.63, 3.8) is 0 Å². The number of rotatable bonds is 4. The smallest absolute Gasteiger partial charge is 0.234 e. The summed E-state index contributed by atoms with van der Waals surface area (Å²) in [6.07, 6.45) is 2.33. The van der Waals surface area contributed by atoms with Crippen LogP contribution in [0.15, 0.2) is 29.3 Å². The van der Waals surface area contributed by atoms with Gasteiger partial charge in [-0.15, -0.1) is 0 Å².